The predicted molar refractivity (Wildman–Crippen MR) is 56.8 cm³/mol. The van der Waals surface area contributed by atoms with E-state index in [-0.39, 0.29) is 5.92 Å². The van der Waals surface area contributed by atoms with Gasteiger partial charge >= 0.3 is 0 Å². The van der Waals surface area contributed by atoms with E-state index in [1.807, 2.05) is 27.2 Å². The van der Waals surface area contributed by atoms with Crippen LogP contribution >= 0.6 is 11.3 Å². The fraction of sp³-hybridized carbons (Fsp3) is 0.500. The van der Waals surface area contributed by atoms with Crippen LogP contribution in [0.1, 0.15) is 22.7 Å². The summed E-state index contributed by atoms with van der Waals surface area (Å²) in [6, 6.07) is 0. The van der Waals surface area contributed by atoms with Crippen LogP contribution in [-0.2, 0) is 6.54 Å². The topological polar surface area (TPSA) is 16.1 Å². The van der Waals surface area contributed by atoms with Crippen molar-refractivity contribution in [2.75, 3.05) is 14.1 Å². The van der Waals surface area contributed by atoms with Gasteiger partial charge in [0.05, 0.1) is 5.92 Å². The Hall–Kier alpha value is -0.850. The summed E-state index contributed by atoms with van der Waals surface area (Å²) < 4.78 is 0. The summed E-state index contributed by atoms with van der Waals surface area (Å²) in [5, 5.41) is 1.04. The maximum Gasteiger partial charge on any atom is 0.108 e. The lowest BCUT2D eigenvalue weighted by molar-refractivity contribution is 0.406. The minimum Gasteiger partial charge on any atom is -0.304 e. The molecule has 1 unspecified atom stereocenters. The molecule has 0 spiro atoms. The lowest BCUT2D eigenvalue weighted by atomic mass is 10.2. The van der Waals surface area contributed by atoms with Gasteiger partial charge in [-0.05, 0) is 21.0 Å². The van der Waals surface area contributed by atoms with Crippen molar-refractivity contribution in [1.82, 2.24) is 9.88 Å². The van der Waals surface area contributed by atoms with Crippen molar-refractivity contribution in [3.8, 4) is 12.3 Å². The zero-order valence-corrected chi connectivity index (χ0v) is 9.06. The molecule has 0 aliphatic carbocycles. The number of hydrogen-bond donors (Lipinski definition) is 0. The second-order valence-electron chi connectivity index (χ2n) is 3.29. The van der Waals surface area contributed by atoms with E-state index in [1.54, 1.807) is 11.3 Å². The molecule has 0 bridgehead atoms. The Morgan fingerprint density at radius 3 is 2.92 bits per heavy atom. The molecule has 1 aromatic rings. The third-order valence-corrected chi connectivity index (χ3v) is 2.83. The van der Waals surface area contributed by atoms with E-state index in [4.69, 9.17) is 6.42 Å². The average molecular weight is 194 g/mol. The van der Waals surface area contributed by atoms with E-state index >= 15 is 0 Å². The molecular weight excluding hydrogens is 180 g/mol. The smallest absolute Gasteiger partial charge is 0.108 e. The van der Waals surface area contributed by atoms with Gasteiger partial charge in [-0.3, -0.25) is 0 Å². The summed E-state index contributed by atoms with van der Waals surface area (Å²) in [6.07, 6.45) is 7.23. The first kappa shape index (κ1) is 10.2. The SMILES string of the molecule is C#CC(C)c1ncc(CN(C)C)s1. The van der Waals surface area contributed by atoms with Gasteiger partial charge in [-0.25, -0.2) is 4.98 Å². The zero-order valence-electron chi connectivity index (χ0n) is 8.24. The second kappa shape index (κ2) is 4.40. The molecular formula is C10H14N2S. The third kappa shape index (κ3) is 2.83. The fourth-order valence-corrected chi connectivity index (χ4v) is 2.03. The first-order chi connectivity index (χ1) is 6.13. The van der Waals surface area contributed by atoms with E-state index in [0.717, 1.165) is 11.6 Å². The lowest BCUT2D eigenvalue weighted by Gasteiger charge is -2.05. The van der Waals surface area contributed by atoms with E-state index in [9.17, 15) is 0 Å². The minimum atomic E-state index is 0.140. The van der Waals surface area contributed by atoms with Gasteiger partial charge in [0.2, 0.25) is 0 Å². The highest BCUT2D eigenvalue weighted by Gasteiger charge is 2.07. The summed E-state index contributed by atoms with van der Waals surface area (Å²) in [5.74, 6) is 2.82. The number of terminal acetylenes is 1. The van der Waals surface area contributed by atoms with Crippen LogP contribution in [-0.4, -0.2) is 24.0 Å². The van der Waals surface area contributed by atoms with Crippen molar-refractivity contribution in [3.05, 3.63) is 16.1 Å². The largest absolute Gasteiger partial charge is 0.304 e. The molecule has 0 aromatic carbocycles. The van der Waals surface area contributed by atoms with E-state index in [0.29, 0.717) is 0 Å². The third-order valence-electron chi connectivity index (χ3n) is 1.66. The van der Waals surface area contributed by atoms with Crippen molar-refractivity contribution in [3.63, 3.8) is 0 Å². The Labute approximate surface area is 83.6 Å². The van der Waals surface area contributed by atoms with Crippen LogP contribution in [0.5, 0.6) is 0 Å². The quantitative estimate of drug-likeness (QED) is 0.684. The van der Waals surface area contributed by atoms with Crippen LogP contribution in [0.15, 0.2) is 6.20 Å². The van der Waals surface area contributed by atoms with Crippen LogP contribution in [0.25, 0.3) is 0 Å². The van der Waals surface area contributed by atoms with Crippen molar-refractivity contribution in [2.24, 2.45) is 0 Å². The molecule has 13 heavy (non-hydrogen) atoms. The highest BCUT2D eigenvalue weighted by molar-refractivity contribution is 7.11. The van der Waals surface area contributed by atoms with E-state index < -0.39 is 0 Å². The predicted octanol–water partition coefficient (Wildman–Crippen LogP) is 1.94. The standard InChI is InChI=1S/C10H14N2S/c1-5-8(2)10-11-6-9(13-10)7-12(3)4/h1,6,8H,7H2,2-4H3. The summed E-state index contributed by atoms with van der Waals surface area (Å²) in [5.41, 5.74) is 0. The number of hydrogen-bond acceptors (Lipinski definition) is 3. The molecule has 0 saturated heterocycles. The summed E-state index contributed by atoms with van der Waals surface area (Å²) >= 11 is 1.70. The molecule has 0 amide bonds. The minimum absolute atomic E-state index is 0.140. The molecule has 1 heterocycles. The van der Waals surface area contributed by atoms with Gasteiger partial charge in [-0.15, -0.1) is 17.8 Å². The first-order valence-electron chi connectivity index (χ1n) is 4.19. The molecule has 0 aliphatic rings. The second-order valence-corrected chi connectivity index (χ2v) is 4.44. The molecule has 70 valence electrons. The Balaban J connectivity index is 2.70. The molecule has 1 atom stereocenters. The van der Waals surface area contributed by atoms with Crippen molar-refractivity contribution >= 4 is 11.3 Å². The van der Waals surface area contributed by atoms with Crippen LogP contribution in [0, 0.1) is 12.3 Å². The normalized spacial score (nSPS) is 12.8. The molecule has 0 saturated carbocycles. The van der Waals surface area contributed by atoms with Gasteiger partial charge in [0.15, 0.2) is 0 Å². The monoisotopic (exact) mass is 194 g/mol. The van der Waals surface area contributed by atoms with Gasteiger partial charge in [-0.2, -0.15) is 0 Å². The Kier molecular flexibility index (Phi) is 3.47. The molecule has 1 rings (SSSR count). The van der Waals surface area contributed by atoms with Crippen molar-refractivity contribution in [1.29, 1.82) is 0 Å². The molecule has 2 nitrogen and oxygen atoms in total. The maximum absolute atomic E-state index is 5.32. The maximum atomic E-state index is 5.32. The number of nitrogens with zero attached hydrogens (tertiary/aromatic N) is 2. The average Bonchev–Trinajstić information content (AvgIpc) is 2.50. The first-order valence-corrected chi connectivity index (χ1v) is 5.00. The van der Waals surface area contributed by atoms with Gasteiger partial charge in [0.1, 0.15) is 5.01 Å². The van der Waals surface area contributed by atoms with Gasteiger partial charge in [-0.1, -0.05) is 5.92 Å². The molecule has 0 radical (unpaired) electrons. The summed E-state index contributed by atoms with van der Waals surface area (Å²) in [6.45, 7) is 2.94. The molecule has 0 aliphatic heterocycles. The van der Waals surface area contributed by atoms with Gasteiger partial charge in [0, 0.05) is 17.6 Å². The highest BCUT2D eigenvalue weighted by atomic mass is 32.1. The Bertz CT molecular complexity index is 309. The molecule has 3 heteroatoms. The highest BCUT2D eigenvalue weighted by Crippen LogP contribution is 2.21. The van der Waals surface area contributed by atoms with Crippen molar-refractivity contribution < 1.29 is 0 Å². The van der Waals surface area contributed by atoms with Crippen LogP contribution in [0.4, 0.5) is 0 Å². The zero-order chi connectivity index (χ0) is 9.84. The lowest BCUT2D eigenvalue weighted by Crippen LogP contribution is -2.09. The van der Waals surface area contributed by atoms with Crippen LogP contribution < -0.4 is 0 Å². The summed E-state index contributed by atoms with van der Waals surface area (Å²) in [4.78, 5) is 7.68. The molecule has 0 N–H and O–H groups in total. The van der Waals surface area contributed by atoms with Gasteiger partial charge < -0.3 is 4.90 Å². The number of aromatic nitrogens is 1. The fourth-order valence-electron chi connectivity index (χ4n) is 0.979. The Morgan fingerprint density at radius 2 is 2.38 bits per heavy atom. The Morgan fingerprint density at radius 1 is 1.69 bits per heavy atom. The number of rotatable bonds is 3. The van der Waals surface area contributed by atoms with E-state index in [2.05, 4.69) is 15.8 Å². The number of thiazole rings is 1. The molecule has 0 fully saturated rings. The van der Waals surface area contributed by atoms with Crippen LogP contribution in [0.2, 0.25) is 0 Å². The van der Waals surface area contributed by atoms with E-state index in [1.165, 1.54) is 4.88 Å². The van der Waals surface area contributed by atoms with Gasteiger partial charge in [0.25, 0.3) is 0 Å². The van der Waals surface area contributed by atoms with Crippen LogP contribution in [0.3, 0.4) is 0 Å². The van der Waals surface area contributed by atoms with Crippen molar-refractivity contribution in [2.45, 2.75) is 19.4 Å². The summed E-state index contributed by atoms with van der Waals surface area (Å²) in [7, 11) is 4.09. The molecule has 1 aromatic heterocycles.